The zero-order valence-corrected chi connectivity index (χ0v) is 15.6. The van der Waals surface area contributed by atoms with E-state index in [9.17, 15) is 0 Å². The molecule has 0 saturated carbocycles. The van der Waals surface area contributed by atoms with Gasteiger partial charge in [-0.1, -0.05) is 37.3 Å². The van der Waals surface area contributed by atoms with Gasteiger partial charge in [-0.05, 0) is 24.5 Å². The van der Waals surface area contributed by atoms with Crippen molar-refractivity contribution in [2.45, 2.75) is 33.1 Å². The molecule has 3 heterocycles. The number of aryl methyl sites for hydroxylation is 1. The Morgan fingerprint density at radius 2 is 1.96 bits per heavy atom. The Balaban J connectivity index is 1.59. The Kier molecular flexibility index (Phi) is 4.53. The normalized spacial score (nSPS) is 15.5. The van der Waals surface area contributed by atoms with Gasteiger partial charge in [0.25, 0.3) is 0 Å². The number of nitrogens with one attached hydrogen (secondary N) is 2. The quantitative estimate of drug-likeness (QED) is 0.619. The number of hydrogen-bond acceptors (Lipinski definition) is 7. The molecule has 0 bridgehead atoms. The van der Waals surface area contributed by atoms with Gasteiger partial charge in [-0.2, -0.15) is 15.1 Å². The van der Waals surface area contributed by atoms with Crippen LogP contribution < -0.4 is 21.3 Å². The molecule has 1 aliphatic heterocycles. The van der Waals surface area contributed by atoms with Crippen molar-refractivity contribution < 1.29 is 0 Å². The number of nitrogens with zero attached hydrogens (tertiary/aromatic N) is 5. The molecule has 4 rings (SSSR count). The molecule has 1 unspecified atom stereocenters. The summed E-state index contributed by atoms with van der Waals surface area (Å²) >= 11 is 0. The summed E-state index contributed by atoms with van der Waals surface area (Å²) in [6.45, 7) is 5.61. The average Bonchev–Trinajstić information content (AvgIpc) is 3.31. The number of anilines is 4. The molecular formula is C19H24N8. The van der Waals surface area contributed by atoms with Gasteiger partial charge in [-0.25, -0.2) is 4.68 Å². The smallest absolute Gasteiger partial charge is 0.227 e. The summed E-state index contributed by atoms with van der Waals surface area (Å²) in [4.78, 5) is 11.3. The van der Waals surface area contributed by atoms with Crippen LogP contribution in [0.4, 0.5) is 23.3 Å². The first-order chi connectivity index (χ1) is 13.2. The Labute approximate surface area is 158 Å². The number of aromatic nitrogens is 4. The van der Waals surface area contributed by atoms with Gasteiger partial charge in [-0.15, -0.1) is 0 Å². The van der Waals surface area contributed by atoms with E-state index in [0.717, 1.165) is 30.0 Å². The second kappa shape index (κ2) is 7.14. The lowest BCUT2D eigenvalue weighted by Crippen LogP contribution is -2.33. The minimum atomic E-state index is -0.161. The van der Waals surface area contributed by atoms with E-state index in [1.807, 2.05) is 35.3 Å². The fourth-order valence-corrected chi connectivity index (χ4v) is 3.22. The van der Waals surface area contributed by atoms with E-state index in [0.29, 0.717) is 18.3 Å². The fraction of sp³-hybridized carbons (Fsp3) is 0.316. The van der Waals surface area contributed by atoms with Crippen LogP contribution in [-0.4, -0.2) is 26.3 Å². The predicted octanol–water partition coefficient (Wildman–Crippen LogP) is 2.84. The molecule has 1 atom stereocenters. The Morgan fingerprint density at radius 1 is 1.15 bits per heavy atom. The molecule has 1 aromatic carbocycles. The number of nitrogens with two attached hydrogens (primary N) is 1. The molecule has 4 N–H and O–H groups in total. The van der Waals surface area contributed by atoms with Crippen LogP contribution in [0.25, 0.3) is 0 Å². The van der Waals surface area contributed by atoms with Crippen molar-refractivity contribution >= 4 is 23.3 Å². The monoisotopic (exact) mass is 364 g/mol. The van der Waals surface area contributed by atoms with Crippen LogP contribution in [-0.2, 0) is 13.0 Å². The first-order valence-electron chi connectivity index (χ1n) is 9.21. The van der Waals surface area contributed by atoms with Gasteiger partial charge in [0, 0.05) is 19.3 Å². The van der Waals surface area contributed by atoms with Crippen LogP contribution >= 0.6 is 0 Å². The van der Waals surface area contributed by atoms with Crippen LogP contribution in [0, 0.1) is 0 Å². The molecule has 0 spiro atoms. The average molecular weight is 364 g/mol. The molecule has 2 aromatic heterocycles. The van der Waals surface area contributed by atoms with Crippen LogP contribution in [0.5, 0.6) is 0 Å². The molecule has 0 aliphatic carbocycles. The zero-order chi connectivity index (χ0) is 18.8. The van der Waals surface area contributed by atoms with Crippen molar-refractivity contribution in [3.8, 4) is 0 Å². The maximum Gasteiger partial charge on any atom is 0.227 e. The molecule has 27 heavy (non-hydrogen) atoms. The SMILES string of the molecule is CCc1cnn(C2Nc3c(N)nc(NCc4ccccc4)nc3N2CC)c1. The number of nitrogen functional groups attached to an aromatic ring is 1. The highest BCUT2D eigenvalue weighted by atomic mass is 15.5. The number of rotatable bonds is 6. The number of benzene rings is 1. The van der Waals surface area contributed by atoms with E-state index in [-0.39, 0.29) is 6.29 Å². The summed E-state index contributed by atoms with van der Waals surface area (Å²) in [5.74, 6) is 1.74. The summed E-state index contributed by atoms with van der Waals surface area (Å²) in [5, 5.41) is 11.2. The predicted molar refractivity (Wildman–Crippen MR) is 107 cm³/mol. The van der Waals surface area contributed by atoms with Crippen LogP contribution in [0.15, 0.2) is 42.7 Å². The highest BCUT2D eigenvalue weighted by Gasteiger charge is 2.33. The van der Waals surface area contributed by atoms with Crippen LogP contribution in [0.1, 0.15) is 31.3 Å². The topological polar surface area (TPSA) is 96.9 Å². The maximum atomic E-state index is 6.22. The van der Waals surface area contributed by atoms with Crippen molar-refractivity contribution in [1.82, 2.24) is 19.7 Å². The lowest BCUT2D eigenvalue weighted by Gasteiger charge is -2.24. The highest BCUT2D eigenvalue weighted by Crippen LogP contribution is 2.40. The van der Waals surface area contributed by atoms with Crippen molar-refractivity contribution in [1.29, 1.82) is 0 Å². The van der Waals surface area contributed by atoms with Crippen molar-refractivity contribution in [3.05, 3.63) is 53.9 Å². The maximum absolute atomic E-state index is 6.22. The number of fused-ring (bicyclic) bond motifs is 1. The molecule has 3 aromatic rings. The third-order valence-corrected chi connectivity index (χ3v) is 4.71. The standard InChI is InChI=1S/C19H24N8/c1-3-13-11-22-27(12-13)19-23-15-16(20)24-18(25-17(15)26(19)4-2)21-10-14-8-6-5-7-9-14/h5-9,11-12,19,23H,3-4,10H2,1-2H3,(H3,20,21,24,25). The van der Waals surface area contributed by atoms with E-state index >= 15 is 0 Å². The molecule has 140 valence electrons. The van der Waals surface area contributed by atoms with Crippen molar-refractivity contribution in [2.75, 3.05) is 27.8 Å². The summed E-state index contributed by atoms with van der Waals surface area (Å²) in [6, 6.07) is 10.1. The Morgan fingerprint density at radius 3 is 2.67 bits per heavy atom. The lowest BCUT2D eigenvalue weighted by molar-refractivity contribution is 0.493. The lowest BCUT2D eigenvalue weighted by atomic mass is 10.2. The van der Waals surface area contributed by atoms with Gasteiger partial charge in [0.1, 0.15) is 5.69 Å². The molecular weight excluding hydrogens is 340 g/mol. The largest absolute Gasteiger partial charge is 0.382 e. The summed E-state index contributed by atoms with van der Waals surface area (Å²) in [7, 11) is 0. The third-order valence-electron chi connectivity index (χ3n) is 4.71. The van der Waals surface area contributed by atoms with Gasteiger partial charge in [0.05, 0.1) is 6.20 Å². The molecule has 8 heteroatoms. The van der Waals surface area contributed by atoms with Crippen LogP contribution in [0.3, 0.4) is 0 Å². The molecule has 0 amide bonds. The molecule has 0 fully saturated rings. The summed E-state index contributed by atoms with van der Waals surface area (Å²) in [5.41, 5.74) is 9.32. The van der Waals surface area contributed by atoms with Crippen LogP contribution in [0.2, 0.25) is 0 Å². The Bertz CT molecular complexity index is 921. The minimum absolute atomic E-state index is 0.161. The van der Waals surface area contributed by atoms with Crippen molar-refractivity contribution in [3.63, 3.8) is 0 Å². The molecule has 0 saturated heterocycles. The van der Waals surface area contributed by atoms with E-state index in [4.69, 9.17) is 10.7 Å². The molecule has 8 nitrogen and oxygen atoms in total. The first-order valence-corrected chi connectivity index (χ1v) is 9.21. The number of hydrogen-bond donors (Lipinski definition) is 3. The second-order valence-corrected chi connectivity index (χ2v) is 6.46. The minimum Gasteiger partial charge on any atom is -0.382 e. The molecule has 1 aliphatic rings. The first kappa shape index (κ1) is 17.1. The van der Waals surface area contributed by atoms with E-state index in [2.05, 4.69) is 51.6 Å². The zero-order valence-electron chi connectivity index (χ0n) is 15.6. The summed E-state index contributed by atoms with van der Waals surface area (Å²) in [6.07, 6.45) is 4.72. The van der Waals surface area contributed by atoms with Gasteiger partial charge in [0.15, 0.2) is 17.9 Å². The van der Waals surface area contributed by atoms with E-state index in [1.54, 1.807) is 0 Å². The fourth-order valence-electron chi connectivity index (χ4n) is 3.22. The third kappa shape index (κ3) is 3.25. The molecule has 0 radical (unpaired) electrons. The van der Waals surface area contributed by atoms with E-state index < -0.39 is 0 Å². The van der Waals surface area contributed by atoms with Gasteiger partial charge >= 0.3 is 0 Å². The van der Waals surface area contributed by atoms with Crippen molar-refractivity contribution in [2.24, 2.45) is 0 Å². The summed E-state index contributed by atoms with van der Waals surface area (Å²) < 4.78 is 1.90. The Hall–Kier alpha value is -3.29. The van der Waals surface area contributed by atoms with E-state index in [1.165, 1.54) is 5.56 Å². The van der Waals surface area contributed by atoms with Gasteiger partial charge in [-0.3, -0.25) is 0 Å². The van der Waals surface area contributed by atoms with Gasteiger partial charge in [0.2, 0.25) is 5.95 Å². The highest BCUT2D eigenvalue weighted by molar-refractivity contribution is 5.81. The van der Waals surface area contributed by atoms with Gasteiger partial charge < -0.3 is 21.3 Å². The second-order valence-electron chi connectivity index (χ2n) is 6.46.